The van der Waals surface area contributed by atoms with Gasteiger partial charge in [0, 0.05) is 22.9 Å². The molecule has 1 aliphatic rings. The zero-order chi connectivity index (χ0) is 18.8. The quantitative estimate of drug-likeness (QED) is 0.632. The number of ether oxygens (including phenoxy) is 1. The molecule has 0 spiro atoms. The van der Waals surface area contributed by atoms with Crippen molar-refractivity contribution in [2.75, 3.05) is 37.9 Å². The van der Waals surface area contributed by atoms with Crippen molar-refractivity contribution < 1.29 is 4.74 Å². The first-order valence-corrected chi connectivity index (χ1v) is 11.2. The monoisotopic (exact) mass is 400 g/mol. The summed E-state index contributed by atoms with van der Waals surface area (Å²) in [5, 5.41) is 4.73. The van der Waals surface area contributed by atoms with Crippen LogP contribution < -0.4 is 5.32 Å². The summed E-state index contributed by atoms with van der Waals surface area (Å²) in [7, 11) is 0. The molecule has 3 heterocycles. The van der Waals surface area contributed by atoms with Crippen LogP contribution in [0.4, 0.5) is 11.5 Å². The van der Waals surface area contributed by atoms with E-state index in [1.54, 1.807) is 23.1 Å². The van der Waals surface area contributed by atoms with Gasteiger partial charge >= 0.3 is 0 Å². The summed E-state index contributed by atoms with van der Waals surface area (Å²) >= 11 is 3.49. The average molecular weight is 401 g/mol. The number of nitrogens with zero attached hydrogens (tertiary/aromatic N) is 3. The molecule has 1 N–H and O–H groups in total. The number of para-hydroxylation sites is 1. The highest BCUT2D eigenvalue weighted by molar-refractivity contribution is 7.98. The Balaban J connectivity index is 1.74. The summed E-state index contributed by atoms with van der Waals surface area (Å²) in [5.74, 6) is 1.78. The van der Waals surface area contributed by atoms with Crippen LogP contribution in [0.2, 0.25) is 0 Å². The van der Waals surface area contributed by atoms with Crippen LogP contribution in [-0.4, -0.2) is 47.4 Å². The van der Waals surface area contributed by atoms with Crippen LogP contribution in [0.15, 0.2) is 29.2 Å². The Labute approximate surface area is 168 Å². The van der Waals surface area contributed by atoms with E-state index >= 15 is 0 Å². The molecule has 1 fully saturated rings. The number of rotatable bonds is 5. The second-order valence-corrected chi connectivity index (χ2v) is 8.72. The van der Waals surface area contributed by atoms with Crippen LogP contribution in [0.1, 0.15) is 16.3 Å². The molecule has 3 aromatic rings. The Morgan fingerprint density at radius 3 is 2.74 bits per heavy atom. The third kappa shape index (κ3) is 3.96. The van der Waals surface area contributed by atoms with Gasteiger partial charge in [-0.15, -0.1) is 23.1 Å². The maximum atomic E-state index is 5.46. The number of thioether (sulfide) groups is 1. The lowest BCUT2D eigenvalue weighted by Crippen LogP contribution is -2.36. The summed E-state index contributed by atoms with van der Waals surface area (Å²) in [6, 6.07) is 8.36. The Hall–Kier alpha value is -1.67. The van der Waals surface area contributed by atoms with Crippen molar-refractivity contribution in [2.45, 2.75) is 25.3 Å². The van der Waals surface area contributed by atoms with Gasteiger partial charge in [-0.1, -0.05) is 12.1 Å². The molecule has 0 unspecified atom stereocenters. The molecule has 1 saturated heterocycles. The number of aryl methyl sites for hydroxylation is 2. The predicted octanol–water partition coefficient (Wildman–Crippen LogP) is 4.61. The van der Waals surface area contributed by atoms with Gasteiger partial charge in [0.2, 0.25) is 0 Å². The van der Waals surface area contributed by atoms with E-state index in [1.165, 1.54) is 15.3 Å². The molecule has 4 rings (SSSR count). The predicted molar refractivity (Wildman–Crippen MR) is 114 cm³/mol. The Morgan fingerprint density at radius 1 is 1.19 bits per heavy atom. The molecular weight excluding hydrogens is 376 g/mol. The second-order valence-electron chi connectivity index (χ2n) is 6.67. The largest absolute Gasteiger partial charge is 0.379 e. The maximum Gasteiger partial charge on any atom is 0.146 e. The third-order valence-corrected chi connectivity index (χ3v) is 6.80. The van der Waals surface area contributed by atoms with Crippen LogP contribution in [0.25, 0.3) is 10.2 Å². The van der Waals surface area contributed by atoms with Gasteiger partial charge in [-0.2, -0.15) is 0 Å². The molecule has 2 aromatic heterocycles. The normalized spacial score (nSPS) is 15.4. The van der Waals surface area contributed by atoms with E-state index in [2.05, 4.69) is 54.6 Å². The van der Waals surface area contributed by atoms with Gasteiger partial charge in [-0.05, 0) is 37.8 Å². The summed E-state index contributed by atoms with van der Waals surface area (Å²) < 4.78 is 5.46. The van der Waals surface area contributed by atoms with Crippen LogP contribution in [0, 0.1) is 13.8 Å². The lowest BCUT2D eigenvalue weighted by atomic mass is 10.2. The van der Waals surface area contributed by atoms with Crippen molar-refractivity contribution in [2.24, 2.45) is 0 Å². The number of nitrogens with one attached hydrogen (secondary N) is 1. The van der Waals surface area contributed by atoms with E-state index in [0.29, 0.717) is 0 Å². The minimum absolute atomic E-state index is 0.758. The smallest absolute Gasteiger partial charge is 0.146 e. The number of hydrogen-bond donors (Lipinski definition) is 1. The summed E-state index contributed by atoms with van der Waals surface area (Å²) in [5.41, 5.74) is 2.35. The number of benzene rings is 1. The second kappa shape index (κ2) is 8.14. The molecule has 0 saturated carbocycles. The van der Waals surface area contributed by atoms with Crippen LogP contribution in [0.3, 0.4) is 0 Å². The van der Waals surface area contributed by atoms with E-state index in [-0.39, 0.29) is 0 Å². The van der Waals surface area contributed by atoms with Crippen molar-refractivity contribution in [1.82, 2.24) is 14.9 Å². The van der Waals surface area contributed by atoms with Gasteiger partial charge in [-0.3, -0.25) is 4.90 Å². The van der Waals surface area contributed by atoms with E-state index in [4.69, 9.17) is 14.7 Å². The zero-order valence-corrected chi connectivity index (χ0v) is 17.5. The highest BCUT2D eigenvalue weighted by Gasteiger charge is 2.18. The summed E-state index contributed by atoms with van der Waals surface area (Å²) in [6.07, 6.45) is 2.10. The first-order valence-electron chi connectivity index (χ1n) is 9.12. The SMILES string of the molecule is CSc1ccccc1Nc1nc(CN2CCOCC2)nc2sc(C)c(C)c12. The highest BCUT2D eigenvalue weighted by Crippen LogP contribution is 2.36. The molecule has 7 heteroatoms. The fourth-order valence-corrected chi connectivity index (χ4v) is 4.89. The molecule has 0 radical (unpaired) electrons. The topological polar surface area (TPSA) is 50.3 Å². The molecule has 0 atom stereocenters. The minimum Gasteiger partial charge on any atom is -0.379 e. The molecule has 142 valence electrons. The third-order valence-electron chi connectivity index (χ3n) is 4.90. The van der Waals surface area contributed by atoms with Crippen molar-refractivity contribution >= 4 is 44.8 Å². The van der Waals surface area contributed by atoms with Gasteiger partial charge < -0.3 is 10.1 Å². The molecular formula is C20H24N4OS2. The number of morpholine rings is 1. The highest BCUT2D eigenvalue weighted by atomic mass is 32.2. The molecule has 0 aliphatic carbocycles. The van der Waals surface area contributed by atoms with Crippen molar-refractivity contribution in [3.63, 3.8) is 0 Å². The Bertz CT molecular complexity index is 951. The van der Waals surface area contributed by atoms with E-state index in [1.807, 2.05) is 0 Å². The van der Waals surface area contributed by atoms with Crippen molar-refractivity contribution in [3.05, 3.63) is 40.5 Å². The summed E-state index contributed by atoms with van der Waals surface area (Å²) in [6.45, 7) is 8.50. The van der Waals surface area contributed by atoms with Crippen LogP contribution in [0.5, 0.6) is 0 Å². The lowest BCUT2D eigenvalue weighted by molar-refractivity contribution is 0.0331. The number of anilines is 2. The van der Waals surface area contributed by atoms with Gasteiger partial charge in [0.25, 0.3) is 0 Å². The van der Waals surface area contributed by atoms with Gasteiger partial charge in [-0.25, -0.2) is 9.97 Å². The van der Waals surface area contributed by atoms with Crippen LogP contribution >= 0.6 is 23.1 Å². The molecule has 5 nitrogen and oxygen atoms in total. The average Bonchev–Trinajstić information content (AvgIpc) is 2.97. The Kier molecular flexibility index (Phi) is 5.63. The molecule has 1 aromatic carbocycles. The van der Waals surface area contributed by atoms with Gasteiger partial charge in [0.15, 0.2) is 0 Å². The molecule has 1 aliphatic heterocycles. The number of thiophene rings is 1. The number of fused-ring (bicyclic) bond motifs is 1. The first kappa shape index (κ1) is 18.7. The zero-order valence-electron chi connectivity index (χ0n) is 15.9. The standard InChI is InChI=1S/C20H24N4OS2/c1-13-14(2)27-20-18(13)19(21-15-6-4-5-7-16(15)26-3)22-17(23-20)12-24-8-10-25-11-9-24/h4-7H,8-12H2,1-3H3,(H,21,22,23). The van der Waals surface area contributed by atoms with Gasteiger partial charge in [0.05, 0.1) is 30.8 Å². The van der Waals surface area contributed by atoms with E-state index in [9.17, 15) is 0 Å². The molecule has 27 heavy (non-hydrogen) atoms. The fourth-order valence-electron chi connectivity index (χ4n) is 3.29. The number of hydrogen-bond acceptors (Lipinski definition) is 7. The van der Waals surface area contributed by atoms with Crippen molar-refractivity contribution in [3.8, 4) is 0 Å². The molecule has 0 bridgehead atoms. The van der Waals surface area contributed by atoms with E-state index < -0.39 is 0 Å². The van der Waals surface area contributed by atoms with Crippen molar-refractivity contribution in [1.29, 1.82) is 0 Å². The minimum atomic E-state index is 0.758. The number of aromatic nitrogens is 2. The van der Waals surface area contributed by atoms with E-state index in [0.717, 1.165) is 60.4 Å². The lowest BCUT2D eigenvalue weighted by Gasteiger charge is -2.25. The summed E-state index contributed by atoms with van der Waals surface area (Å²) in [4.78, 5) is 15.7. The fraction of sp³-hybridized carbons (Fsp3) is 0.400. The Morgan fingerprint density at radius 2 is 1.96 bits per heavy atom. The molecule has 0 amide bonds. The van der Waals surface area contributed by atoms with Crippen LogP contribution in [-0.2, 0) is 11.3 Å². The first-order chi connectivity index (χ1) is 13.2. The van der Waals surface area contributed by atoms with Gasteiger partial charge in [0.1, 0.15) is 16.5 Å². The maximum absolute atomic E-state index is 5.46.